The molecule has 0 unspecified atom stereocenters. The van der Waals surface area contributed by atoms with E-state index in [1.54, 1.807) is 19.1 Å². The molecular weight excluding hydrogens is 132 g/mol. The first-order chi connectivity index (χ1) is 4.81. The first-order valence-electron chi connectivity index (χ1n) is 3.22. The van der Waals surface area contributed by atoms with E-state index in [2.05, 4.69) is 9.47 Å². The molecule has 0 aromatic rings. The molecule has 0 fully saturated rings. The summed E-state index contributed by atoms with van der Waals surface area (Å²) in [5.41, 5.74) is 0. The quantitative estimate of drug-likeness (QED) is 0.447. The Bertz CT molecular complexity index is 118. The molecule has 0 heterocycles. The van der Waals surface area contributed by atoms with Gasteiger partial charge in [0.2, 0.25) is 0 Å². The number of hydrogen-bond donors (Lipinski definition) is 0. The van der Waals surface area contributed by atoms with Gasteiger partial charge in [0.1, 0.15) is 6.61 Å². The predicted molar refractivity (Wildman–Crippen MR) is 37.8 cm³/mol. The maximum Gasteiger partial charge on any atom is 0.508 e. The lowest BCUT2D eigenvalue weighted by Crippen LogP contribution is -2.06. The normalized spacial score (nSPS) is 9.80. The summed E-state index contributed by atoms with van der Waals surface area (Å²) in [7, 11) is 0. The first kappa shape index (κ1) is 9.01. The largest absolute Gasteiger partial charge is 0.508 e. The fourth-order valence-corrected chi connectivity index (χ4v) is 0.372. The summed E-state index contributed by atoms with van der Waals surface area (Å²) in [5, 5.41) is 0. The van der Waals surface area contributed by atoms with Crippen LogP contribution in [0.2, 0.25) is 0 Å². The minimum Gasteiger partial charge on any atom is -0.435 e. The van der Waals surface area contributed by atoms with Crippen molar-refractivity contribution in [2.75, 3.05) is 13.2 Å². The number of ether oxygens (including phenoxy) is 2. The summed E-state index contributed by atoms with van der Waals surface area (Å²) in [6, 6.07) is 0. The monoisotopic (exact) mass is 144 g/mol. The van der Waals surface area contributed by atoms with Crippen LogP contribution in [0.5, 0.6) is 0 Å². The molecule has 0 atom stereocenters. The second-order valence-electron chi connectivity index (χ2n) is 1.56. The zero-order valence-electron chi connectivity index (χ0n) is 6.29. The molecule has 0 N–H and O–H groups in total. The van der Waals surface area contributed by atoms with Gasteiger partial charge in [-0.15, -0.1) is 0 Å². The molecular formula is C7H12O3. The van der Waals surface area contributed by atoms with E-state index in [1.165, 1.54) is 0 Å². The van der Waals surface area contributed by atoms with Crippen LogP contribution in [0, 0.1) is 0 Å². The highest BCUT2D eigenvalue weighted by molar-refractivity contribution is 5.59. The SMILES string of the molecule is CC=CCOC(=O)OCC. The van der Waals surface area contributed by atoms with E-state index in [4.69, 9.17) is 0 Å². The third-order valence-corrected chi connectivity index (χ3v) is 0.795. The van der Waals surface area contributed by atoms with Gasteiger partial charge in [0.25, 0.3) is 0 Å². The van der Waals surface area contributed by atoms with Gasteiger partial charge in [0, 0.05) is 0 Å². The van der Waals surface area contributed by atoms with Crippen LogP contribution in [0.15, 0.2) is 12.2 Å². The van der Waals surface area contributed by atoms with E-state index < -0.39 is 6.16 Å². The summed E-state index contributed by atoms with van der Waals surface area (Å²) in [6.45, 7) is 4.23. The first-order valence-corrected chi connectivity index (χ1v) is 3.22. The Hall–Kier alpha value is -0.990. The van der Waals surface area contributed by atoms with Crippen molar-refractivity contribution in [3.05, 3.63) is 12.2 Å². The number of rotatable bonds is 3. The summed E-state index contributed by atoms with van der Waals surface area (Å²) >= 11 is 0. The van der Waals surface area contributed by atoms with Crippen molar-refractivity contribution < 1.29 is 14.3 Å². The van der Waals surface area contributed by atoms with Crippen LogP contribution in [-0.4, -0.2) is 19.4 Å². The molecule has 3 heteroatoms. The zero-order valence-corrected chi connectivity index (χ0v) is 6.29. The van der Waals surface area contributed by atoms with Crippen LogP contribution < -0.4 is 0 Å². The van der Waals surface area contributed by atoms with Crippen LogP contribution >= 0.6 is 0 Å². The van der Waals surface area contributed by atoms with E-state index in [0.29, 0.717) is 6.61 Å². The standard InChI is InChI=1S/C7H12O3/c1-3-5-6-10-7(8)9-4-2/h3,5H,4,6H2,1-2H3. The highest BCUT2D eigenvalue weighted by Gasteiger charge is 1.97. The van der Waals surface area contributed by atoms with Crippen LogP contribution in [0.1, 0.15) is 13.8 Å². The average molecular weight is 144 g/mol. The second kappa shape index (κ2) is 6.13. The Morgan fingerprint density at radius 1 is 1.50 bits per heavy atom. The van der Waals surface area contributed by atoms with Crippen molar-refractivity contribution in [1.82, 2.24) is 0 Å². The molecule has 0 radical (unpaired) electrons. The fourth-order valence-electron chi connectivity index (χ4n) is 0.372. The maximum atomic E-state index is 10.4. The van der Waals surface area contributed by atoms with E-state index >= 15 is 0 Å². The molecule has 0 aliphatic carbocycles. The highest BCUT2D eigenvalue weighted by Crippen LogP contribution is 1.84. The number of hydrogen-bond acceptors (Lipinski definition) is 3. The smallest absolute Gasteiger partial charge is 0.435 e. The summed E-state index contributed by atoms with van der Waals surface area (Å²) in [5.74, 6) is 0. The van der Waals surface area contributed by atoms with Gasteiger partial charge in [-0.1, -0.05) is 12.2 Å². The Kier molecular flexibility index (Phi) is 5.53. The molecule has 10 heavy (non-hydrogen) atoms. The summed E-state index contributed by atoms with van der Waals surface area (Å²) in [4.78, 5) is 10.4. The van der Waals surface area contributed by atoms with Gasteiger partial charge in [0.05, 0.1) is 6.61 Å². The van der Waals surface area contributed by atoms with Gasteiger partial charge in [-0.2, -0.15) is 0 Å². The predicted octanol–water partition coefficient (Wildman–Crippen LogP) is 1.74. The molecule has 0 spiro atoms. The van der Waals surface area contributed by atoms with Crippen molar-refractivity contribution >= 4 is 6.16 Å². The second-order valence-corrected chi connectivity index (χ2v) is 1.56. The van der Waals surface area contributed by atoms with E-state index in [0.717, 1.165) is 0 Å². The van der Waals surface area contributed by atoms with E-state index in [1.807, 2.05) is 6.92 Å². The van der Waals surface area contributed by atoms with Gasteiger partial charge in [-0.05, 0) is 13.8 Å². The third kappa shape index (κ3) is 5.15. The average Bonchev–Trinajstić information content (AvgIpc) is 1.89. The van der Waals surface area contributed by atoms with Crippen molar-refractivity contribution in [2.45, 2.75) is 13.8 Å². The Labute approximate surface area is 60.6 Å². The van der Waals surface area contributed by atoms with Crippen molar-refractivity contribution in [3.63, 3.8) is 0 Å². The lowest BCUT2D eigenvalue weighted by atomic mass is 10.6. The van der Waals surface area contributed by atoms with Gasteiger partial charge in [0.15, 0.2) is 0 Å². The summed E-state index contributed by atoms with van der Waals surface area (Å²) < 4.78 is 9.07. The lowest BCUT2D eigenvalue weighted by Gasteiger charge is -1.99. The molecule has 0 aromatic carbocycles. The lowest BCUT2D eigenvalue weighted by molar-refractivity contribution is 0.0673. The Balaban J connectivity index is 3.21. The van der Waals surface area contributed by atoms with Gasteiger partial charge in [-0.3, -0.25) is 0 Å². The van der Waals surface area contributed by atoms with Crippen LogP contribution in [0.3, 0.4) is 0 Å². The molecule has 0 bridgehead atoms. The zero-order chi connectivity index (χ0) is 7.82. The van der Waals surface area contributed by atoms with E-state index in [-0.39, 0.29) is 6.61 Å². The van der Waals surface area contributed by atoms with Crippen LogP contribution in [0.25, 0.3) is 0 Å². The minimum absolute atomic E-state index is 0.287. The number of allylic oxidation sites excluding steroid dienone is 1. The van der Waals surface area contributed by atoms with Crippen molar-refractivity contribution in [2.24, 2.45) is 0 Å². The number of carbonyl (C=O) groups is 1. The molecule has 0 saturated carbocycles. The number of carbonyl (C=O) groups excluding carboxylic acids is 1. The fraction of sp³-hybridized carbons (Fsp3) is 0.571. The van der Waals surface area contributed by atoms with Crippen LogP contribution in [-0.2, 0) is 9.47 Å². The Morgan fingerprint density at radius 3 is 2.70 bits per heavy atom. The van der Waals surface area contributed by atoms with Gasteiger partial charge in [-0.25, -0.2) is 4.79 Å². The molecule has 0 saturated heterocycles. The van der Waals surface area contributed by atoms with Crippen LogP contribution in [0.4, 0.5) is 4.79 Å². The maximum absolute atomic E-state index is 10.4. The minimum atomic E-state index is -0.611. The molecule has 0 rings (SSSR count). The van der Waals surface area contributed by atoms with E-state index in [9.17, 15) is 4.79 Å². The van der Waals surface area contributed by atoms with Crippen molar-refractivity contribution in [1.29, 1.82) is 0 Å². The third-order valence-electron chi connectivity index (χ3n) is 0.795. The highest BCUT2D eigenvalue weighted by atomic mass is 16.7. The molecule has 0 aliphatic rings. The Morgan fingerprint density at radius 2 is 2.20 bits per heavy atom. The summed E-state index contributed by atoms with van der Waals surface area (Å²) in [6.07, 6.45) is 2.93. The molecule has 0 amide bonds. The van der Waals surface area contributed by atoms with Crippen molar-refractivity contribution in [3.8, 4) is 0 Å². The van der Waals surface area contributed by atoms with Gasteiger partial charge < -0.3 is 9.47 Å². The molecule has 3 nitrogen and oxygen atoms in total. The molecule has 58 valence electrons. The molecule has 0 aromatic heterocycles. The topological polar surface area (TPSA) is 35.5 Å². The molecule has 0 aliphatic heterocycles. The van der Waals surface area contributed by atoms with Gasteiger partial charge >= 0.3 is 6.16 Å².